The van der Waals surface area contributed by atoms with Gasteiger partial charge >= 0.3 is 0 Å². The van der Waals surface area contributed by atoms with Gasteiger partial charge in [-0.3, -0.25) is 0 Å². The maximum Gasteiger partial charge on any atom is 0.120 e. The van der Waals surface area contributed by atoms with Crippen LogP contribution in [0, 0.1) is 0 Å². The van der Waals surface area contributed by atoms with Crippen LogP contribution in [0.25, 0.3) is 0 Å². The van der Waals surface area contributed by atoms with Gasteiger partial charge in [-0.05, 0) is 36.6 Å². The molecule has 0 N–H and O–H groups in total. The van der Waals surface area contributed by atoms with E-state index in [4.69, 9.17) is 25.8 Å². The zero-order chi connectivity index (χ0) is 14.7. The largest absolute Gasteiger partial charge is 0.490 e. The van der Waals surface area contributed by atoms with Gasteiger partial charge in [-0.2, -0.15) is 0 Å². The average molecular weight is 376 g/mol. The van der Waals surface area contributed by atoms with Crippen molar-refractivity contribution in [2.45, 2.75) is 43.3 Å². The molecule has 1 unspecified atom stereocenters. The van der Waals surface area contributed by atoms with Crippen LogP contribution in [0.5, 0.6) is 5.75 Å². The molecule has 0 saturated carbocycles. The Bertz CT molecular complexity index is 483. The van der Waals surface area contributed by atoms with Gasteiger partial charge in [-0.15, -0.1) is 11.6 Å². The number of ether oxygens (including phenoxy) is 3. The minimum atomic E-state index is -0.0359. The van der Waals surface area contributed by atoms with Crippen molar-refractivity contribution in [3.63, 3.8) is 0 Å². The molecular formula is C16H20BrClO3. The standard InChI is InChI=1S/C16H20BrClO3/c17-15-2-1-13(9-12(15)11-18)21-14-3-6-20-16(10-14)4-7-19-8-5-16/h1-2,9,14H,3-8,10-11H2. The number of hydrogen-bond acceptors (Lipinski definition) is 3. The van der Waals surface area contributed by atoms with Crippen molar-refractivity contribution >= 4 is 27.5 Å². The van der Waals surface area contributed by atoms with Gasteiger partial charge in [0.05, 0.1) is 12.2 Å². The molecule has 5 heteroatoms. The summed E-state index contributed by atoms with van der Waals surface area (Å²) >= 11 is 9.44. The highest BCUT2D eigenvalue weighted by Crippen LogP contribution is 2.36. The van der Waals surface area contributed by atoms with Gasteiger partial charge in [-0.25, -0.2) is 0 Å². The third-order valence-corrected chi connectivity index (χ3v) is 5.38. The number of alkyl halides is 1. The molecule has 116 valence electrons. The van der Waals surface area contributed by atoms with Crippen molar-refractivity contribution in [3.05, 3.63) is 28.2 Å². The van der Waals surface area contributed by atoms with Gasteiger partial charge in [0.2, 0.25) is 0 Å². The summed E-state index contributed by atoms with van der Waals surface area (Å²) in [4.78, 5) is 0. The number of hydrogen-bond donors (Lipinski definition) is 0. The first-order valence-corrected chi connectivity index (χ1v) is 8.76. The molecule has 2 aliphatic heterocycles. The quantitative estimate of drug-likeness (QED) is 0.737. The fourth-order valence-corrected chi connectivity index (χ4v) is 3.86. The lowest BCUT2D eigenvalue weighted by Gasteiger charge is -2.43. The monoisotopic (exact) mass is 374 g/mol. The van der Waals surface area contributed by atoms with Crippen LogP contribution in [0.3, 0.4) is 0 Å². The van der Waals surface area contributed by atoms with Crippen LogP contribution in [0.1, 0.15) is 31.2 Å². The normalized spacial score (nSPS) is 25.0. The summed E-state index contributed by atoms with van der Waals surface area (Å²) in [7, 11) is 0. The molecule has 21 heavy (non-hydrogen) atoms. The van der Waals surface area contributed by atoms with Crippen molar-refractivity contribution in [1.29, 1.82) is 0 Å². The van der Waals surface area contributed by atoms with Crippen LogP contribution < -0.4 is 4.74 Å². The predicted octanol–water partition coefficient (Wildman–Crippen LogP) is 4.29. The summed E-state index contributed by atoms with van der Waals surface area (Å²) in [6.45, 7) is 2.35. The molecule has 2 heterocycles. The van der Waals surface area contributed by atoms with Crippen LogP contribution in [0.15, 0.2) is 22.7 Å². The van der Waals surface area contributed by atoms with Crippen molar-refractivity contribution in [2.75, 3.05) is 19.8 Å². The highest BCUT2D eigenvalue weighted by molar-refractivity contribution is 9.10. The van der Waals surface area contributed by atoms with Gasteiger partial charge in [0.25, 0.3) is 0 Å². The first-order valence-electron chi connectivity index (χ1n) is 7.43. The van der Waals surface area contributed by atoms with Crippen molar-refractivity contribution in [2.24, 2.45) is 0 Å². The van der Waals surface area contributed by atoms with Crippen LogP contribution in [0.4, 0.5) is 0 Å². The Balaban J connectivity index is 1.67. The summed E-state index contributed by atoms with van der Waals surface area (Å²) in [6, 6.07) is 6.01. The minimum absolute atomic E-state index is 0.0359. The zero-order valence-electron chi connectivity index (χ0n) is 11.9. The molecule has 2 saturated heterocycles. The lowest BCUT2D eigenvalue weighted by atomic mass is 9.85. The second-order valence-corrected chi connectivity index (χ2v) is 6.88. The topological polar surface area (TPSA) is 27.7 Å². The van der Waals surface area contributed by atoms with Crippen molar-refractivity contribution in [1.82, 2.24) is 0 Å². The minimum Gasteiger partial charge on any atom is -0.490 e. The molecule has 1 aromatic carbocycles. The maximum atomic E-state index is 6.18. The summed E-state index contributed by atoms with van der Waals surface area (Å²) in [5, 5.41) is 0. The molecule has 1 atom stereocenters. The molecule has 0 bridgehead atoms. The van der Waals surface area contributed by atoms with Crippen molar-refractivity contribution in [3.8, 4) is 5.75 Å². The van der Waals surface area contributed by atoms with Gasteiger partial charge in [0, 0.05) is 36.4 Å². The van der Waals surface area contributed by atoms with Gasteiger partial charge in [0.1, 0.15) is 11.9 Å². The van der Waals surface area contributed by atoms with E-state index in [0.717, 1.165) is 61.3 Å². The second kappa shape index (κ2) is 6.86. The Kier molecular flexibility index (Phi) is 5.10. The predicted molar refractivity (Wildman–Crippen MR) is 86.1 cm³/mol. The van der Waals surface area contributed by atoms with Gasteiger partial charge < -0.3 is 14.2 Å². The first-order chi connectivity index (χ1) is 10.2. The van der Waals surface area contributed by atoms with E-state index in [-0.39, 0.29) is 11.7 Å². The summed E-state index contributed by atoms with van der Waals surface area (Å²) in [5.74, 6) is 1.37. The van der Waals surface area contributed by atoms with E-state index in [1.54, 1.807) is 0 Å². The number of halogens is 2. The fourth-order valence-electron chi connectivity index (χ4n) is 3.09. The molecule has 0 amide bonds. The maximum absolute atomic E-state index is 6.18. The van der Waals surface area contributed by atoms with Crippen LogP contribution in [0.2, 0.25) is 0 Å². The molecule has 3 nitrogen and oxygen atoms in total. The van der Waals surface area contributed by atoms with Gasteiger partial charge in [-0.1, -0.05) is 15.9 Å². The van der Waals surface area contributed by atoms with Gasteiger partial charge in [0.15, 0.2) is 0 Å². The molecule has 0 aromatic heterocycles. The lowest BCUT2D eigenvalue weighted by molar-refractivity contribution is -0.155. The SMILES string of the molecule is ClCc1cc(OC2CCOC3(CCOCC3)C2)ccc1Br. The summed E-state index contributed by atoms with van der Waals surface area (Å²) < 4.78 is 18.7. The summed E-state index contributed by atoms with van der Waals surface area (Å²) in [5.41, 5.74) is 1.02. The molecule has 1 spiro atoms. The molecule has 0 radical (unpaired) electrons. The Morgan fingerprint density at radius 3 is 2.86 bits per heavy atom. The third kappa shape index (κ3) is 3.73. The van der Waals surface area contributed by atoms with E-state index < -0.39 is 0 Å². The third-order valence-electron chi connectivity index (χ3n) is 4.32. The smallest absolute Gasteiger partial charge is 0.120 e. The van der Waals surface area contributed by atoms with Crippen molar-refractivity contribution < 1.29 is 14.2 Å². The Hall–Kier alpha value is -0.290. The van der Waals surface area contributed by atoms with Crippen LogP contribution >= 0.6 is 27.5 Å². The Labute approximate surface area is 139 Å². The second-order valence-electron chi connectivity index (χ2n) is 5.76. The Morgan fingerprint density at radius 2 is 2.10 bits per heavy atom. The molecule has 2 fully saturated rings. The van der Waals surface area contributed by atoms with E-state index in [9.17, 15) is 0 Å². The zero-order valence-corrected chi connectivity index (χ0v) is 14.3. The lowest BCUT2D eigenvalue weighted by Crippen LogP contribution is -2.47. The van der Waals surface area contributed by atoms with E-state index >= 15 is 0 Å². The number of benzene rings is 1. The molecule has 2 aliphatic rings. The highest BCUT2D eigenvalue weighted by atomic mass is 79.9. The van der Waals surface area contributed by atoms with Crippen LogP contribution in [-0.4, -0.2) is 31.5 Å². The molecule has 1 aromatic rings. The van der Waals surface area contributed by atoms with Crippen LogP contribution in [-0.2, 0) is 15.4 Å². The fraction of sp³-hybridized carbons (Fsp3) is 0.625. The van der Waals surface area contributed by atoms with E-state index in [1.807, 2.05) is 18.2 Å². The van der Waals surface area contributed by atoms with E-state index in [1.165, 1.54) is 0 Å². The molecule has 0 aliphatic carbocycles. The number of rotatable bonds is 3. The Morgan fingerprint density at radius 1 is 1.29 bits per heavy atom. The molecular weight excluding hydrogens is 356 g/mol. The highest BCUT2D eigenvalue weighted by Gasteiger charge is 2.39. The first kappa shape index (κ1) is 15.6. The summed E-state index contributed by atoms with van der Waals surface area (Å²) in [6.07, 6.45) is 4.04. The molecule has 3 rings (SSSR count). The van der Waals surface area contributed by atoms with E-state index in [0.29, 0.717) is 5.88 Å². The average Bonchev–Trinajstić information content (AvgIpc) is 2.50. The van der Waals surface area contributed by atoms with E-state index in [2.05, 4.69) is 15.9 Å².